The molecule has 2 aromatic carbocycles. The van der Waals surface area contributed by atoms with Gasteiger partial charge < -0.3 is 19.1 Å². The van der Waals surface area contributed by atoms with Crippen molar-refractivity contribution in [2.45, 2.75) is 18.6 Å². The molecule has 7 heteroatoms. The number of carbonyl (C=O) groups excluding carboxylic acids is 1. The van der Waals surface area contributed by atoms with Crippen LogP contribution in [0.5, 0.6) is 17.2 Å². The minimum Gasteiger partial charge on any atom is -0.491 e. The third-order valence-electron chi connectivity index (χ3n) is 6.18. The predicted octanol–water partition coefficient (Wildman–Crippen LogP) is 3.55. The van der Waals surface area contributed by atoms with Gasteiger partial charge in [0.05, 0.1) is 12.2 Å². The van der Waals surface area contributed by atoms with E-state index < -0.39 is 12.1 Å². The lowest BCUT2D eigenvalue weighted by Gasteiger charge is -2.24. The van der Waals surface area contributed by atoms with E-state index >= 15 is 0 Å². The Morgan fingerprint density at radius 3 is 2.55 bits per heavy atom. The molecule has 0 fully saturated rings. The van der Waals surface area contributed by atoms with Crippen LogP contribution in [0.1, 0.15) is 22.4 Å². The van der Waals surface area contributed by atoms with Crippen LogP contribution in [0, 0.1) is 0 Å². The Kier molecular flexibility index (Phi) is 3.93. The van der Waals surface area contributed by atoms with Crippen molar-refractivity contribution in [3.63, 3.8) is 0 Å². The highest BCUT2D eigenvalue weighted by atomic mass is 19.1. The van der Waals surface area contributed by atoms with Crippen molar-refractivity contribution >= 4 is 11.6 Å². The highest BCUT2D eigenvalue weighted by molar-refractivity contribution is 6.11. The molecule has 3 aromatic rings. The third kappa shape index (κ3) is 2.55. The van der Waals surface area contributed by atoms with Crippen molar-refractivity contribution in [3.8, 4) is 17.2 Å². The molecule has 156 valence electrons. The van der Waals surface area contributed by atoms with Gasteiger partial charge in [0.2, 0.25) is 5.91 Å². The summed E-state index contributed by atoms with van der Waals surface area (Å²) in [5, 5.41) is 0. The number of carbonyl (C=O) groups is 1. The van der Waals surface area contributed by atoms with Crippen molar-refractivity contribution in [2.75, 3.05) is 24.7 Å². The lowest BCUT2D eigenvalue weighted by Crippen LogP contribution is -2.42. The van der Waals surface area contributed by atoms with E-state index in [0.29, 0.717) is 42.7 Å². The number of alkyl halides is 1. The Bertz CT molecular complexity index is 1200. The summed E-state index contributed by atoms with van der Waals surface area (Å²) >= 11 is 0. The summed E-state index contributed by atoms with van der Waals surface area (Å²) in [5.41, 5.74) is 2.81. The number of nitrogens with zero attached hydrogens (tertiary/aromatic N) is 2. The average molecular weight is 418 g/mol. The molecule has 0 radical (unpaired) electrons. The van der Waals surface area contributed by atoms with E-state index in [4.69, 9.17) is 14.2 Å². The zero-order valence-corrected chi connectivity index (χ0v) is 16.6. The number of fused-ring (bicyclic) bond motifs is 5. The summed E-state index contributed by atoms with van der Waals surface area (Å²) in [6, 6.07) is 14.9. The smallest absolute Gasteiger partial charge is 0.246 e. The van der Waals surface area contributed by atoms with Gasteiger partial charge in [-0.2, -0.15) is 0 Å². The maximum Gasteiger partial charge on any atom is 0.246 e. The fourth-order valence-corrected chi connectivity index (χ4v) is 4.68. The second-order valence-corrected chi connectivity index (χ2v) is 7.89. The van der Waals surface area contributed by atoms with Crippen LogP contribution in [0.2, 0.25) is 0 Å². The molecule has 1 amide bonds. The number of pyridine rings is 1. The van der Waals surface area contributed by atoms with E-state index in [-0.39, 0.29) is 12.5 Å². The first-order valence-corrected chi connectivity index (χ1v) is 10.2. The number of aromatic nitrogens is 1. The largest absolute Gasteiger partial charge is 0.491 e. The Labute approximate surface area is 178 Å². The molecule has 4 heterocycles. The lowest BCUT2D eigenvalue weighted by atomic mass is 9.77. The van der Waals surface area contributed by atoms with Crippen LogP contribution in [0.15, 0.2) is 54.7 Å². The van der Waals surface area contributed by atoms with E-state index in [1.165, 1.54) is 0 Å². The topological polar surface area (TPSA) is 60.9 Å². The molecule has 1 atom stereocenters. The van der Waals surface area contributed by atoms with Crippen molar-refractivity contribution in [2.24, 2.45) is 0 Å². The number of ether oxygens (including phenoxy) is 3. The van der Waals surface area contributed by atoms with Crippen LogP contribution in [-0.2, 0) is 23.4 Å². The second kappa shape index (κ2) is 6.70. The molecule has 6 rings (SSSR count). The number of benzene rings is 2. The van der Waals surface area contributed by atoms with E-state index in [9.17, 15) is 9.18 Å². The minimum atomic E-state index is -0.936. The van der Waals surface area contributed by atoms with Crippen molar-refractivity contribution in [3.05, 3.63) is 77.1 Å². The van der Waals surface area contributed by atoms with Crippen LogP contribution in [0.3, 0.4) is 0 Å². The van der Waals surface area contributed by atoms with Crippen molar-refractivity contribution < 1.29 is 23.4 Å². The summed E-state index contributed by atoms with van der Waals surface area (Å²) in [5.74, 6) is 1.85. The number of para-hydroxylation sites is 1. The quantitative estimate of drug-likeness (QED) is 0.651. The Morgan fingerprint density at radius 1 is 0.968 bits per heavy atom. The molecule has 0 aliphatic carbocycles. The second-order valence-electron chi connectivity index (χ2n) is 7.89. The molecular weight excluding hydrogens is 399 g/mol. The first-order valence-electron chi connectivity index (χ1n) is 10.2. The minimum absolute atomic E-state index is 0.0568. The van der Waals surface area contributed by atoms with Gasteiger partial charge in [-0.05, 0) is 29.3 Å². The van der Waals surface area contributed by atoms with E-state index in [1.54, 1.807) is 17.2 Å². The summed E-state index contributed by atoms with van der Waals surface area (Å²) in [7, 11) is 0. The van der Waals surface area contributed by atoms with Gasteiger partial charge in [0.1, 0.15) is 37.7 Å². The monoisotopic (exact) mass is 418 g/mol. The van der Waals surface area contributed by atoms with Gasteiger partial charge >= 0.3 is 0 Å². The number of hydrogen-bond acceptors (Lipinski definition) is 5. The Hall–Kier alpha value is -3.61. The highest BCUT2D eigenvalue weighted by Gasteiger charge is 2.57. The molecule has 3 aliphatic heterocycles. The zero-order valence-electron chi connectivity index (χ0n) is 16.6. The molecule has 1 spiro atoms. The van der Waals surface area contributed by atoms with Gasteiger partial charge in [-0.1, -0.05) is 24.3 Å². The fraction of sp³-hybridized carbons (Fsp3) is 0.250. The third-order valence-corrected chi connectivity index (χ3v) is 6.18. The van der Waals surface area contributed by atoms with Gasteiger partial charge in [-0.25, -0.2) is 4.39 Å². The molecule has 0 bridgehead atoms. The molecule has 3 aliphatic rings. The predicted molar refractivity (Wildman–Crippen MR) is 110 cm³/mol. The summed E-state index contributed by atoms with van der Waals surface area (Å²) in [6.07, 6.45) is 1.62. The van der Waals surface area contributed by atoms with Gasteiger partial charge in [-0.3, -0.25) is 9.78 Å². The molecular formula is C24H19FN2O4. The first kappa shape index (κ1) is 18.2. The van der Waals surface area contributed by atoms with Crippen LogP contribution >= 0.6 is 0 Å². The van der Waals surface area contributed by atoms with Crippen LogP contribution in [0.4, 0.5) is 10.1 Å². The Balaban J connectivity index is 1.45. The molecule has 0 N–H and O–H groups in total. The van der Waals surface area contributed by atoms with Crippen molar-refractivity contribution in [1.29, 1.82) is 0 Å². The SMILES string of the molecule is O=C1N(Cc2ccc(CF)nc2)c2ccccc2C12COc1cc3c(cc12)OCCO3. The number of anilines is 1. The molecule has 6 nitrogen and oxygen atoms in total. The van der Waals surface area contributed by atoms with Crippen LogP contribution in [0.25, 0.3) is 0 Å². The standard InChI is InChI=1S/C24H19FN2O4/c25-11-16-6-5-15(12-26-16)13-27-19-4-2-1-3-17(19)24(23(27)28)14-31-20-10-22-21(9-18(20)24)29-7-8-30-22/h1-6,9-10,12H,7-8,11,13-14H2. The normalized spacial score (nSPS) is 20.5. The zero-order chi connectivity index (χ0) is 21.0. The Morgan fingerprint density at radius 2 is 1.77 bits per heavy atom. The van der Waals surface area contributed by atoms with Gasteiger partial charge in [0, 0.05) is 23.5 Å². The highest BCUT2D eigenvalue weighted by Crippen LogP contribution is 2.54. The molecule has 0 saturated carbocycles. The fourth-order valence-electron chi connectivity index (χ4n) is 4.68. The van der Waals surface area contributed by atoms with Crippen molar-refractivity contribution in [1.82, 2.24) is 4.98 Å². The number of halogens is 1. The van der Waals surface area contributed by atoms with Gasteiger partial charge in [0.15, 0.2) is 11.5 Å². The van der Waals surface area contributed by atoms with E-state index in [1.807, 2.05) is 42.5 Å². The van der Waals surface area contributed by atoms with Crippen LogP contribution < -0.4 is 19.1 Å². The van der Waals surface area contributed by atoms with E-state index in [0.717, 1.165) is 22.4 Å². The summed E-state index contributed by atoms with van der Waals surface area (Å²) in [6.45, 7) is 0.909. The van der Waals surface area contributed by atoms with E-state index in [2.05, 4.69) is 4.98 Å². The first-order chi connectivity index (χ1) is 15.2. The molecule has 0 saturated heterocycles. The molecule has 31 heavy (non-hydrogen) atoms. The maximum absolute atomic E-state index is 13.9. The molecule has 1 aromatic heterocycles. The maximum atomic E-state index is 13.9. The van der Waals surface area contributed by atoms with Gasteiger partial charge in [-0.15, -0.1) is 0 Å². The molecule has 1 unspecified atom stereocenters. The summed E-state index contributed by atoms with van der Waals surface area (Å²) in [4.78, 5) is 19.8. The number of rotatable bonds is 3. The van der Waals surface area contributed by atoms with Crippen LogP contribution in [-0.4, -0.2) is 30.7 Å². The lowest BCUT2D eigenvalue weighted by molar-refractivity contribution is -0.122. The number of hydrogen-bond donors (Lipinski definition) is 0. The average Bonchev–Trinajstić information content (AvgIpc) is 3.30. The number of amides is 1. The van der Waals surface area contributed by atoms with Gasteiger partial charge in [0.25, 0.3) is 0 Å². The summed E-state index contributed by atoms with van der Waals surface area (Å²) < 4.78 is 30.3.